The van der Waals surface area contributed by atoms with Crippen molar-refractivity contribution in [3.05, 3.63) is 274 Å². The lowest BCUT2D eigenvalue weighted by Crippen LogP contribution is -2.35. The lowest BCUT2D eigenvalue weighted by Gasteiger charge is -2.26. The third-order valence-corrected chi connectivity index (χ3v) is 19.4. The number of ether oxygens (including phenoxy) is 5. The van der Waals surface area contributed by atoms with Crippen LogP contribution < -0.4 is 65.3 Å². The molecule has 2 saturated heterocycles. The Morgan fingerprint density at radius 3 is 0.807 bits per heavy atom. The molecule has 14 rings (SSSR count). The minimum absolute atomic E-state index is 0. The minimum Gasteiger partial charge on any atom is -0.478 e. The zero-order valence-electron chi connectivity index (χ0n) is 76.4. The molecule has 0 unspecified atom stereocenters. The van der Waals surface area contributed by atoms with Crippen molar-refractivity contribution in [2.24, 2.45) is 11.5 Å². The van der Waals surface area contributed by atoms with Gasteiger partial charge in [-0.1, -0.05) is 15.9 Å². The van der Waals surface area contributed by atoms with Gasteiger partial charge in [0.15, 0.2) is 32.6 Å². The van der Waals surface area contributed by atoms with E-state index in [1.807, 2.05) is 9.80 Å². The third-order valence-electron chi connectivity index (χ3n) is 19.0. The van der Waals surface area contributed by atoms with Crippen molar-refractivity contribution < 1.29 is 104 Å². The first kappa shape index (κ1) is 108. The zero-order valence-corrected chi connectivity index (χ0v) is 79.6. The number of nitrogens with one attached hydrogen (secondary N) is 4. The lowest BCUT2D eigenvalue weighted by atomic mass is 10.1. The number of piperidine rings is 2. The van der Waals surface area contributed by atoms with Gasteiger partial charge in [0, 0.05) is 78.2 Å². The third kappa shape index (κ3) is 32.7. The standard InChI is InChI=1S/C21H26N2O5.C17H19NO6.C16H18N2O3.C16H17NO6.C15H16BrNO4.C11H9NO4.2ClH/c1-21(2,3)28-20(26)22-13-15-12-17(24)16-11-14(7-8-18(16)27-15)19(25)23-9-5-4-6-10-23;1-17(2,3)24-16(21)18-9-11-8-13(19)12-7-10(15(20)22-4)5-6-14(12)23-11;17-10-12-9-14(19)13-8-11(4-5-15(13)21-12)16(20)18-6-2-1-3-7-18;1-16(2,3)23-15(21)17-8-10-7-12(18)11-6-9(14(19)20)4-5-13(11)22-10;1-15(2,3)21-14(19)17-8-10-7-12(18)11-6-9(16)4-5-13(11)20-10;12-5-7-4-9(13)8-3-6(11(14)15)1-2-10(8)16-7;;/h7-8,11-12H,4-6,9-10,13H2,1-3H3,(H,22,26);5-8H,9H2,1-4H3,(H,18,21);4-5,8-9H,1-3,6-7,10,17H2;4-7H,8H2,1-3H3,(H,17,21)(H,19,20);4-7H,8H2,1-3H3,(H,17,19);1-4H,5,12H2,(H,14,15);2*1H. The van der Waals surface area contributed by atoms with Crippen LogP contribution in [0.3, 0.4) is 0 Å². The minimum atomic E-state index is -1.12. The predicted octanol–water partition coefficient (Wildman–Crippen LogP) is 15.8. The summed E-state index contributed by atoms with van der Waals surface area (Å²) in [4.78, 5) is 181. The number of alkyl carbamates (subject to hydrolysis) is 4. The molecule has 39 heteroatoms. The average Bonchev–Trinajstić information content (AvgIpc) is 1.20. The first-order valence-corrected chi connectivity index (χ1v) is 42.9. The highest BCUT2D eigenvalue weighted by molar-refractivity contribution is 9.10. The molecule has 2 aliphatic rings. The Labute approximate surface area is 792 Å². The quantitative estimate of drug-likeness (QED) is 0.0349. The number of aromatic carboxylic acids is 2. The first-order valence-electron chi connectivity index (χ1n) is 42.1. The number of fused-ring (bicyclic) bond motifs is 6. The smallest absolute Gasteiger partial charge is 0.408 e. The maximum absolute atomic E-state index is 12.6. The van der Waals surface area contributed by atoms with Crippen LogP contribution in [0.4, 0.5) is 19.2 Å². The van der Waals surface area contributed by atoms with Crippen molar-refractivity contribution in [3.63, 3.8) is 0 Å². The number of carboxylic acids is 2. The molecule has 10 N–H and O–H groups in total. The molecule has 6 aromatic carbocycles. The van der Waals surface area contributed by atoms with E-state index in [1.54, 1.807) is 138 Å². The molecule has 0 spiro atoms. The van der Waals surface area contributed by atoms with Crippen LogP contribution in [-0.4, -0.2) is 130 Å². The number of rotatable bonds is 15. The molecule has 0 aliphatic carbocycles. The highest BCUT2D eigenvalue weighted by Crippen LogP contribution is 2.25. The van der Waals surface area contributed by atoms with Crippen LogP contribution in [0.1, 0.15) is 208 Å². The van der Waals surface area contributed by atoms with Gasteiger partial charge >= 0.3 is 42.3 Å². The van der Waals surface area contributed by atoms with Crippen molar-refractivity contribution in [1.82, 2.24) is 31.1 Å². The Balaban J connectivity index is 0.000000222. The fourth-order valence-corrected chi connectivity index (χ4v) is 13.4. The highest BCUT2D eigenvalue weighted by atomic mass is 79.9. The van der Waals surface area contributed by atoms with Gasteiger partial charge in [-0.25, -0.2) is 33.6 Å². The van der Waals surface area contributed by atoms with Gasteiger partial charge in [-0.05, 0) is 231 Å². The van der Waals surface area contributed by atoms with E-state index in [0.717, 1.165) is 62.8 Å². The molecule has 0 radical (unpaired) electrons. The molecule has 0 atom stereocenters. The number of carbonyl (C=O) groups is 9. The summed E-state index contributed by atoms with van der Waals surface area (Å²) >= 11 is 3.31. The van der Waals surface area contributed by atoms with Crippen molar-refractivity contribution in [2.45, 2.75) is 183 Å². The summed E-state index contributed by atoms with van der Waals surface area (Å²) in [5, 5.41) is 29.8. The fraction of sp³-hybridized carbons (Fsp3) is 0.344. The van der Waals surface area contributed by atoms with Gasteiger partial charge in [-0.3, -0.25) is 38.4 Å². The zero-order chi connectivity index (χ0) is 97.6. The van der Waals surface area contributed by atoms with Crippen LogP contribution >= 0.6 is 40.7 Å². The van der Waals surface area contributed by atoms with E-state index in [9.17, 15) is 71.9 Å². The lowest BCUT2D eigenvalue weighted by molar-refractivity contribution is 0.0509. The van der Waals surface area contributed by atoms with Gasteiger partial charge in [0.05, 0.1) is 95.4 Å². The number of likely N-dealkylation sites (tertiary alicyclic amines) is 2. The van der Waals surface area contributed by atoms with Crippen LogP contribution in [0.2, 0.25) is 0 Å². The fourth-order valence-electron chi connectivity index (χ4n) is 13.0. The van der Waals surface area contributed by atoms with Crippen LogP contribution in [0.15, 0.2) is 205 Å². The number of benzene rings is 6. The second kappa shape index (κ2) is 48.1. The summed E-state index contributed by atoms with van der Waals surface area (Å²) in [7, 11) is 1.26. The summed E-state index contributed by atoms with van der Waals surface area (Å²) in [6, 6.07) is 35.5. The van der Waals surface area contributed by atoms with Crippen LogP contribution in [0, 0.1) is 0 Å². The number of esters is 1. The highest BCUT2D eigenvalue weighted by Gasteiger charge is 2.26. The first-order chi connectivity index (χ1) is 62.6. The Morgan fingerprint density at radius 2 is 0.556 bits per heavy atom. The molecule has 6 aromatic heterocycles. The summed E-state index contributed by atoms with van der Waals surface area (Å²) in [6.45, 7) is 24.6. The van der Waals surface area contributed by atoms with Crippen molar-refractivity contribution in [1.29, 1.82) is 0 Å². The van der Waals surface area contributed by atoms with Crippen LogP contribution in [-0.2, 0) is 63.0 Å². The Bertz CT molecular complexity index is 6740. The number of methoxy groups -OCH3 is 1. The maximum Gasteiger partial charge on any atom is 0.408 e. The second-order valence-electron chi connectivity index (χ2n) is 34.3. The Kier molecular flexibility index (Phi) is 38.5. The van der Waals surface area contributed by atoms with Gasteiger partial charge in [0.1, 0.15) is 90.5 Å². The van der Waals surface area contributed by atoms with Crippen molar-refractivity contribution in [3.8, 4) is 0 Å². The number of carboxylic acid groups (broad SMARTS) is 2. The molecule has 2 fully saturated rings. The number of hydrogen-bond acceptors (Lipinski definition) is 28. The number of nitrogens with zero attached hydrogens (tertiary/aromatic N) is 2. The monoisotopic (exact) mass is 1970 g/mol. The SMILES string of the molecule is CC(C)(C)OC(=O)NCc1cc(=O)c2cc(Br)ccc2o1.CC(C)(C)OC(=O)NCc1cc(=O)c2cc(C(=O)N3CCCCC3)ccc2o1.CC(C)(C)OC(=O)NCc1cc(=O)c2cc(C(=O)O)ccc2o1.COC(=O)c1ccc2oc(CNC(=O)OC(C)(C)C)cc(=O)c2c1.Cl.Cl.NCc1cc(=O)c2cc(C(=O)N3CCCCC3)ccc2o1.NCc1cc(=O)c2cc(C(=O)O)ccc2o1. The van der Waals surface area contributed by atoms with Crippen LogP contribution in [0.5, 0.6) is 0 Å². The molecule has 36 nitrogen and oxygen atoms in total. The molecular formula is C96H107BrCl2N8O28. The van der Waals surface area contributed by atoms with E-state index < -0.39 is 64.7 Å². The summed E-state index contributed by atoms with van der Waals surface area (Å²) < 4.78 is 59.1. The number of nitrogens with two attached hydrogens (primary N) is 2. The van der Waals surface area contributed by atoms with Crippen molar-refractivity contribution in [2.75, 3.05) is 33.3 Å². The molecule has 8 heterocycles. The average molecular weight is 1970 g/mol. The predicted molar refractivity (Wildman–Crippen MR) is 510 cm³/mol. The number of carbonyl (C=O) groups excluding carboxylic acids is 7. The van der Waals surface area contributed by atoms with Gasteiger partial charge in [-0.15, -0.1) is 24.8 Å². The van der Waals surface area contributed by atoms with E-state index >= 15 is 0 Å². The van der Waals surface area contributed by atoms with E-state index in [4.69, 9.17) is 67.1 Å². The largest absolute Gasteiger partial charge is 0.478 e. The Hall–Kier alpha value is -14.0. The van der Waals surface area contributed by atoms with E-state index in [0.29, 0.717) is 78.2 Å². The number of halogens is 3. The summed E-state index contributed by atoms with van der Waals surface area (Å²) in [5.41, 5.74) is 10.5. The van der Waals surface area contributed by atoms with E-state index in [2.05, 4.69) is 41.9 Å². The molecular weight excluding hydrogens is 1860 g/mol. The molecule has 12 aromatic rings. The second-order valence-corrected chi connectivity index (χ2v) is 35.2. The summed E-state index contributed by atoms with van der Waals surface area (Å²) in [5.74, 6) is -0.767. The number of amides is 6. The van der Waals surface area contributed by atoms with Gasteiger partial charge < -0.3 is 103 Å². The topological polar surface area (TPSA) is 528 Å². The summed E-state index contributed by atoms with van der Waals surface area (Å²) in [6.07, 6.45) is 4.05. The van der Waals surface area contributed by atoms with E-state index in [-0.39, 0.29) is 158 Å². The molecule has 720 valence electrons. The molecule has 135 heavy (non-hydrogen) atoms. The maximum atomic E-state index is 12.6. The van der Waals surface area contributed by atoms with Gasteiger partial charge in [0.2, 0.25) is 0 Å². The van der Waals surface area contributed by atoms with Gasteiger partial charge in [-0.2, -0.15) is 0 Å². The molecule has 0 bridgehead atoms. The molecule has 2 aliphatic heterocycles. The van der Waals surface area contributed by atoms with Crippen molar-refractivity contribution >= 4 is 161 Å². The van der Waals surface area contributed by atoms with E-state index in [1.165, 1.54) is 105 Å². The van der Waals surface area contributed by atoms with Crippen LogP contribution in [0.25, 0.3) is 65.8 Å². The normalized spacial score (nSPS) is 12.4. The Morgan fingerprint density at radius 1 is 0.333 bits per heavy atom. The molecule has 6 amide bonds. The number of hydrogen-bond donors (Lipinski definition) is 8. The van der Waals surface area contributed by atoms with Gasteiger partial charge in [0.25, 0.3) is 11.8 Å². The molecule has 0 saturated carbocycles.